The van der Waals surface area contributed by atoms with Crippen molar-refractivity contribution in [1.29, 1.82) is 0 Å². The quantitative estimate of drug-likeness (QED) is 0.744. The van der Waals surface area contributed by atoms with Crippen LogP contribution in [0.5, 0.6) is 0 Å². The lowest BCUT2D eigenvalue weighted by atomic mass is 10.2. The molecule has 0 heterocycles. The Balaban J connectivity index is 1.92. The number of carbonyl (C=O) groups excluding carboxylic acids is 2. The number of hydrogen-bond acceptors (Lipinski definition) is 3. The first-order valence-corrected chi connectivity index (χ1v) is 7.67. The van der Waals surface area contributed by atoms with Crippen molar-refractivity contribution in [1.82, 2.24) is 5.32 Å². The molecule has 0 unspecified atom stereocenters. The van der Waals surface area contributed by atoms with Crippen LogP contribution in [0.2, 0.25) is 10.0 Å². The fraction of sp³-hybridized carbons (Fsp3) is 0.125. The maximum atomic E-state index is 12.0. The van der Waals surface area contributed by atoms with Gasteiger partial charge in [-0.25, -0.2) is 9.59 Å². The Bertz CT molecular complexity index is 753. The molecule has 2 rings (SSSR count). The third-order valence-corrected chi connectivity index (χ3v) is 3.59. The Hall–Kier alpha value is -2.44. The van der Waals surface area contributed by atoms with Crippen molar-refractivity contribution in [3.8, 4) is 0 Å². The van der Waals surface area contributed by atoms with Crippen LogP contribution in [0.3, 0.4) is 0 Å². The number of rotatable bonds is 4. The van der Waals surface area contributed by atoms with E-state index >= 15 is 0 Å². The SMILES string of the molecule is COC(=O)Nc1cccc(NC(=O)NCc2ccc(Cl)cc2Cl)c1. The minimum absolute atomic E-state index is 0.252. The van der Waals surface area contributed by atoms with Crippen molar-refractivity contribution in [3.05, 3.63) is 58.1 Å². The van der Waals surface area contributed by atoms with Gasteiger partial charge in [0.05, 0.1) is 7.11 Å². The number of benzene rings is 2. The molecule has 3 N–H and O–H groups in total. The Morgan fingerprint density at radius 3 is 2.42 bits per heavy atom. The van der Waals surface area contributed by atoms with E-state index in [4.69, 9.17) is 23.2 Å². The molecule has 0 radical (unpaired) electrons. The topological polar surface area (TPSA) is 79.5 Å². The van der Waals surface area contributed by atoms with E-state index in [1.807, 2.05) is 0 Å². The molecule has 8 heteroatoms. The van der Waals surface area contributed by atoms with Crippen LogP contribution in [0, 0.1) is 0 Å². The van der Waals surface area contributed by atoms with Crippen LogP contribution in [0.1, 0.15) is 5.56 Å². The third kappa shape index (κ3) is 5.33. The van der Waals surface area contributed by atoms with E-state index in [-0.39, 0.29) is 6.54 Å². The molecule has 0 saturated carbocycles. The van der Waals surface area contributed by atoms with E-state index < -0.39 is 12.1 Å². The van der Waals surface area contributed by atoms with Crippen LogP contribution in [0.4, 0.5) is 21.0 Å². The van der Waals surface area contributed by atoms with Gasteiger partial charge in [-0.3, -0.25) is 5.32 Å². The number of methoxy groups -OCH3 is 1. The maximum Gasteiger partial charge on any atom is 0.411 e. The first kappa shape index (κ1) is 17.9. The highest BCUT2D eigenvalue weighted by Gasteiger charge is 2.06. The minimum Gasteiger partial charge on any atom is -0.453 e. The van der Waals surface area contributed by atoms with Crippen LogP contribution in [-0.4, -0.2) is 19.2 Å². The summed E-state index contributed by atoms with van der Waals surface area (Å²) < 4.78 is 4.51. The van der Waals surface area contributed by atoms with Crippen molar-refractivity contribution in [2.24, 2.45) is 0 Å². The summed E-state index contributed by atoms with van der Waals surface area (Å²) in [5, 5.41) is 8.88. The summed E-state index contributed by atoms with van der Waals surface area (Å²) in [5.41, 5.74) is 1.77. The molecule has 2 aromatic rings. The third-order valence-electron chi connectivity index (χ3n) is 3.01. The van der Waals surface area contributed by atoms with E-state index in [0.717, 1.165) is 5.56 Å². The first-order chi connectivity index (χ1) is 11.5. The van der Waals surface area contributed by atoms with Gasteiger partial charge in [0, 0.05) is 28.0 Å². The minimum atomic E-state index is -0.589. The highest BCUT2D eigenvalue weighted by atomic mass is 35.5. The van der Waals surface area contributed by atoms with E-state index in [0.29, 0.717) is 21.4 Å². The Morgan fingerprint density at radius 2 is 1.75 bits per heavy atom. The number of urea groups is 1. The van der Waals surface area contributed by atoms with Crippen molar-refractivity contribution in [2.45, 2.75) is 6.54 Å². The number of halogens is 2. The summed E-state index contributed by atoms with van der Waals surface area (Å²) in [5.74, 6) is 0. The van der Waals surface area contributed by atoms with Crippen molar-refractivity contribution < 1.29 is 14.3 Å². The molecule has 0 fully saturated rings. The van der Waals surface area contributed by atoms with Crippen molar-refractivity contribution >= 4 is 46.7 Å². The predicted molar refractivity (Wildman–Crippen MR) is 94.8 cm³/mol. The van der Waals surface area contributed by atoms with Crippen molar-refractivity contribution in [3.63, 3.8) is 0 Å². The van der Waals surface area contributed by atoms with Gasteiger partial charge in [0.2, 0.25) is 0 Å². The zero-order chi connectivity index (χ0) is 17.5. The fourth-order valence-electron chi connectivity index (χ4n) is 1.86. The highest BCUT2D eigenvalue weighted by Crippen LogP contribution is 2.21. The van der Waals surface area contributed by atoms with E-state index in [9.17, 15) is 9.59 Å². The van der Waals surface area contributed by atoms with Gasteiger partial charge in [0.15, 0.2) is 0 Å². The molecule has 0 aliphatic heterocycles. The van der Waals surface area contributed by atoms with Crippen LogP contribution < -0.4 is 16.0 Å². The average molecular weight is 368 g/mol. The van der Waals surface area contributed by atoms with Crippen molar-refractivity contribution in [2.75, 3.05) is 17.7 Å². The molecule has 126 valence electrons. The summed E-state index contributed by atoms with van der Waals surface area (Å²) >= 11 is 11.9. The van der Waals surface area contributed by atoms with Gasteiger partial charge in [-0.15, -0.1) is 0 Å². The maximum absolute atomic E-state index is 12.0. The van der Waals surface area contributed by atoms with Gasteiger partial charge in [-0.2, -0.15) is 0 Å². The van der Waals surface area contributed by atoms with Crippen LogP contribution in [0.25, 0.3) is 0 Å². The number of anilines is 2. The standard InChI is InChI=1S/C16H15Cl2N3O3/c1-24-16(23)21-13-4-2-3-12(8-13)20-15(22)19-9-10-5-6-11(17)7-14(10)18/h2-8H,9H2,1H3,(H,21,23)(H2,19,20,22). The Labute approximate surface area is 149 Å². The lowest BCUT2D eigenvalue weighted by Gasteiger charge is -2.10. The summed E-state index contributed by atoms with van der Waals surface area (Å²) in [6.07, 6.45) is -0.589. The van der Waals surface area contributed by atoms with Gasteiger partial charge in [0.25, 0.3) is 0 Å². The number of nitrogens with one attached hydrogen (secondary N) is 3. The number of hydrogen-bond donors (Lipinski definition) is 3. The van der Waals surface area contributed by atoms with Gasteiger partial charge >= 0.3 is 12.1 Å². The summed E-state index contributed by atoms with van der Waals surface area (Å²) in [6.45, 7) is 0.252. The van der Waals surface area contributed by atoms with E-state index in [2.05, 4.69) is 20.7 Å². The molecule has 0 aliphatic rings. The van der Waals surface area contributed by atoms with Gasteiger partial charge in [-0.1, -0.05) is 35.3 Å². The molecule has 6 nitrogen and oxygen atoms in total. The smallest absolute Gasteiger partial charge is 0.411 e. The molecule has 0 aromatic heterocycles. The van der Waals surface area contributed by atoms with Gasteiger partial charge in [0.1, 0.15) is 0 Å². The number of amides is 3. The summed E-state index contributed by atoms with van der Waals surface area (Å²) in [4.78, 5) is 23.1. The first-order valence-electron chi connectivity index (χ1n) is 6.92. The van der Waals surface area contributed by atoms with E-state index in [1.54, 1.807) is 42.5 Å². The molecule has 0 atom stereocenters. The monoisotopic (exact) mass is 367 g/mol. The number of carbonyl (C=O) groups is 2. The second-order valence-electron chi connectivity index (χ2n) is 4.74. The summed E-state index contributed by atoms with van der Waals surface area (Å²) in [6, 6.07) is 11.3. The molecule has 2 aromatic carbocycles. The van der Waals surface area contributed by atoms with E-state index in [1.165, 1.54) is 7.11 Å². The molecule has 3 amide bonds. The Kier molecular flexibility index (Phi) is 6.28. The molecule has 0 spiro atoms. The molecule has 0 saturated heterocycles. The Morgan fingerprint density at radius 1 is 1.04 bits per heavy atom. The molecular weight excluding hydrogens is 353 g/mol. The largest absolute Gasteiger partial charge is 0.453 e. The highest BCUT2D eigenvalue weighted by molar-refractivity contribution is 6.35. The van der Waals surface area contributed by atoms with Crippen LogP contribution >= 0.6 is 23.2 Å². The van der Waals surface area contributed by atoms with Gasteiger partial charge in [-0.05, 0) is 35.9 Å². The van der Waals surface area contributed by atoms with Gasteiger partial charge < -0.3 is 15.4 Å². The zero-order valence-corrected chi connectivity index (χ0v) is 14.2. The molecule has 0 bridgehead atoms. The van der Waals surface area contributed by atoms with Crippen LogP contribution in [-0.2, 0) is 11.3 Å². The molecule has 24 heavy (non-hydrogen) atoms. The second kappa shape index (κ2) is 8.42. The fourth-order valence-corrected chi connectivity index (χ4v) is 2.33. The average Bonchev–Trinajstić information content (AvgIpc) is 2.54. The molecule has 0 aliphatic carbocycles. The second-order valence-corrected chi connectivity index (χ2v) is 5.58. The normalized spacial score (nSPS) is 9.96. The number of ether oxygens (including phenoxy) is 1. The lowest BCUT2D eigenvalue weighted by molar-refractivity contribution is 0.187. The summed E-state index contributed by atoms with van der Waals surface area (Å²) in [7, 11) is 1.27. The lowest BCUT2D eigenvalue weighted by Crippen LogP contribution is -2.28. The predicted octanol–water partition coefficient (Wildman–Crippen LogP) is 4.49. The molecular formula is C16H15Cl2N3O3. The van der Waals surface area contributed by atoms with Crippen LogP contribution in [0.15, 0.2) is 42.5 Å². The zero-order valence-electron chi connectivity index (χ0n) is 12.7.